The molecule has 0 aromatic heterocycles. The van der Waals surface area contributed by atoms with Crippen LogP contribution >= 0.6 is 0 Å². The zero-order chi connectivity index (χ0) is 7.11. The minimum Gasteiger partial charge on any atom is -0.379 e. The van der Waals surface area contributed by atoms with Crippen molar-refractivity contribution < 1.29 is 0 Å². The Morgan fingerprint density at radius 2 is 2.11 bits per heavy atom. The molecule has 0 spiro atoms. The lowest BCUT2D eigenvalue weighted by atomic mass is 10.2. The first-order chi connectivity index (χ1) is 4.27. The first kappa shape index (κ1) is 8.50. The van der Waals surface area contributed by atoms with Gasteiger partial charge in [-0.3, -0.25) is 0 Å². The van der Waals surface area contributed by atoms with E-state index in [4.69, 9.17) is 0 Å². The molecule has 0 aromatic carbocycles. The predicted octanol–water partition coefficient (Wildman–Crippen LogP) is 0.923. The molecule has 2 nitrogen and oxygen atoms in total. The van der Waals surface area contributed by atoms with Gasteiger partial charge in [-0.05, 0) is 19.2 Å². The Hall–Kier alpha value is -0.500. The van der Waals surface area contributed by atoms with Crippen LogP contribution in [0.2, 0.25) is 0 Å². The highest BCUT2D eigenvalue weighted by molar-refractivity contribution is 4.81. The second-order valence-corrected chi connectivity index (χ2v) is 2.34. The van der Waals surface area contributed by atoms with Crippen LogP contribution in [0.4, 0.5) is 0 Å². The SMILES string of the molecule is CNCNC=CC(C)C. The molecule has 0 aliphatic heterocycles. The number of hydrogen-bond acceptors (Lipinski definition) is 2. The molecule has 2 N–H and O–H groups in total. The van der Waals surface area contributed by atoms with Crippen molar-refractivity contribution in [3.8, 4) is 0 Å². The van der Waals surface area contributed by atoms with Crippen LogP contribution < -0.4 is 10.6 Å². The number of hydrogen-bond donors (Lipinski definition) is 2. The molecule has 9 heavy (non-hydrogen) atoms. The lowest BCUT2D eigenvalue weighted by Gasteiger charge is -1.97. The Morgan fingerprint density at radius 1 is 1.44 bits per heavy atom. The lowest BCUT2D eigenvalue weighted by molar-refractivity contribution is 0.725. The van der Waals surface area contributed by atoms with Crippen LogP contribution in [0, 0.1) is 5.92 Å². The van der Waals surface area contributed by atoms with Crippen molar-refractivity contribution in [3.05, 3.63) is 12.3 Å². The highest BCUT2D eigenvalue weighted by Crippen LogP contribution is 1.90. The Morgan fingerprint density at radius 3 is 2.56 bits per heavy atom. The fourth-order valence-electron chi connectivity index (χ4n) is 0.421. The summed E-state index contributed by atoms with van der Waals surface area (Å²) in [6.45, 7) is 5.14. The van der Waals surface area contributed by atoms with Crippen LogP contribution in [0.15, 0.2) is 12.3 Å². The predicted molar refractivity (Wildman–Crippen MR) is 41.0 cm³/mol. The summed E-state index contributed by atoms with van der Waals surface area (Å²) in [7, 11) is 1.91. The van der Waals surface area contributed by atoms with Crippen LogP contribution in [0.25, 0.3) is 0 Å². The van der Waals surface area contributed by atoms with Crippen molar-refractivity contribution in [1.82, 2.24) is 10.6 Å². The van der Waals surface area contributed by atoms with Crippen molar-refractivity contribution >= 4 is 0 Å². The van der Waals surface area contributed by atoms with E-state index in [-0.39, 0.29) is 0 Å². The molecule has 0 heterocycles. The van der Waals surface area contributed by atoms with Crippen LogP contribution in [0.5, 0.6) is 0 Å². The van der Waals surface area contributed by atoms with Gasteiger partial charge in [-0.1, -0.05) is 19.9 Å². The smallest absolute Gasteiger partial charge is 0.0645 e. The average molecular weight is 128 g/mol. The monoisotopic (exact) mass is 128 g/mol. The molecule has 0 saturated heterocycles. The maximum Gasteiger partial charge on any atom is 0.0645 e. The fraction of sp³-hybridized carbons (Fsp3) is 0.714. The van der Waals surface area contributed by atoms with Crippen molar-refractivity contribution in [2.24, 2.45) is 5.92 Å². The third-order valence-corrected chi connectivity index (χ3v) is 0.878. The summed E-state index contributed by atoms with van der Waals surface area (Å²) in [4.78, 5) is 0. The molecule has 0 amide bonds. The zero-order valence-electron chi connectivity index (χ0n) is 6.44. The number of rotatable bonds is 4. The van der Waals surface area contributed by atoms with Gasteiger partial charge in [0.25, 0.3) is 0 Å². The van der Waals surface area contributed by atoms with E-state index >= 15 is 0 Å². The Balaban J connectivity index is 3.04. The topological polar surface area (TPSA) is 24.1 Å². The van der Waals surface area contributed by atoms with Crippen molar-refractivity contribution in [2.45, 2.75) is 13.8 Å². The first-order valence-corrected chi connectivity index (χ1v) is 3.32. The van der Waals surface area contributed by atoms with Gasteiger partial charge >= 0.3 is 0 Å². The first-order valence-electron chi connectivity index (χ1n) is 3.32. The number of allylic oxidation sites excluding steroid dienone is 1. The van der Waals surface area contributed by atoms with Crippen molar-refractivity contribution in [1.29, 1.82) is 0 Å². The minimum absolute atomic E-state index is 0.634. The third kappa shape index (κ3) is 7.50. The Labute approximate surface area is 57.3 Å². The van der Waals surface area contributed by atoms with Gasteiger partial charge in [-0.15, -0.1) is 0 Å². The van der Waals surface area contributed by atoms with E-state index in [9.17, 15) is 0 Å². The van der Waals surface area contributed by atoms with Gasteiger partial charge in [0.1, 0.15) is 0 Å². The molecule has 0 bridgehead atoms. The summed E-state index contributed by atoms with van der Waals surface area (Å²) in [6.07, 6.45) is 4.10. The van der Waals surface area contributed by atoms with Gasteiger partial charge < -0.3 is 10.6 Å². The molecule has 0 atom stereocenters. The second-order valence-electron chi connectivity index (χ2n) is 2.34. The van der Waals surface area contributed by atoms with E-state index in [1.54, 1.807) is 0 Å². The highest BCUT2D eigenvalue weighted by atomic mass is 15.0. The van der Waals surface area contributed by atoms with Crippen molar-refractivity contribution in [3.63, 3.8) is 0 Å². The summed E-state index contributed by atoms with van der Waals surface area (Å²) in [5.74, 6) is 0.634. The molecule has 0 aliphatic rings. The third-order valence-electron chi connectivity index (χ3n) is 0.878. The summed E-state index contributed by atoms with van der Waals surface area (Å²) >= 11 is 0. The molecule has 0 fully saturated rings. The van der Waals surface area contributed by atoms with Gasteiger partial charge in [-0.25, -0.2) is 0 Å². The zero-order valence-corrected chi connectivity index (χ0v) is 6.44. The Kier molecular flexibility index (Phi) is 5.32. The highest BCUT2D eigenvalue weighted by Gasteiger charge is 1.80. The summed E-state index contributed by atoms with van der Waals surface area (Å²) in [6, 6.07) is 0. The van der Waals surface area contributed by atoms with Gasteiger partial charge in [0.15, 0.2) is 0 Å². The molecule has 0 unspecified atom stereocenters. The minimum atomic E-state index is 0.634. The van der Waals surface area contributed by atoms with Crippen molar-refractivity contribution in [2.75, 3.05) is 13.7 Å². The summed E-state index contributed by atoms with van der Waals surface area (Å²) < 4.78 is 0. The van der Waals surface area contributed by atoms with E-state index in [1.165, 1.54) is 0 Å². The molecule has 0 radical (unpaired) electrons. The molecular weight excluding hydrogens is 112 g/mol. The van der Waals surface area contributed by atoms with Crippen LogP contribution in [-0.4, -0.2) is 13.7 Å². The van der Waals surface area contributed by atoms with E-state index in [0.29, 0.717) is 5.92 Å². The lowest BCUT2D eigenvalue weighted by Crippen LogP contribution is -2.20. The Bertz CT molecular complexity index is 77.0. The standard InChI is InChI=1S/C7H16N2/c1-7(2)4-5-9-6-8-3/h4-5,7-9H,6H2,1-3H3. The number of nitrogens with one attached hydrogen (secondary N) is 2. The van der Waals surface area contributed by atoms with Crippen LogP contribution in [0.1, 0.15) is 13.8 Å². The molecule has 0 aromatic rings. The van der Waals surface area contributed by atoms with Crippen LogP contribution in [0.3, 0.4) is 0 Å². The van der Waals surface area contributed by atoms with E-state index in [2.05, 4.69) is 30.6 Å². The largest absolute Gasteiger partial charge is 0.379 e. The molecule has 2 heteroatoms. The van der Waals surface area contributed by atoms with Gasteiger partial charge in [-0.2, -0.15) is 0 Å². The second kappa shape index (κ2) is 5.63. The molecule has 54 valence electrons. The molecule has 0 aliphatic carbocycles. The summed E-state index contributed by atoms with van der Waals surface area (Å²) in [5.41, 5.74) is 0. The normalized spacial score (nSPS) is 11.1. The van der Waals surface area contributed by atoms with E-state index < -0.39 is 0 Å². The summed E-state index contributed by atoms with van der Waals surface area (Å²) in [5, 5.41) is 6.05. The van der Waals surface area contributed by atoms with Gasteiger partial charge in [0.2, 0.25) is 0 Å². The van der Waals surface area contributed by atoms with Crippen LogP contribution in [-0.2, 0) is 0 Å². The van der Waals surface area contributed by atoms with E-state index in [0.717, 1.165) is 6.67 Å². The van der Waals surface area contributed by atoms with Gasteiger partial charge in [0.05, 0.1) is 6.67 Å². The maximum atomic E-state index is 3.07. The molecular formula is C7H16N2. The average Bonchev–Trinajstić information content (AvgIpc) is 1.80. The molecule has 0 rings (SSSR count). The van der Waals surface area contributed by atoms with Gasteiger partial charge in [0, 0.05) is 0 Å². The van der Waals surface area contributed by atoms with E-state index in [1.807, 2.05) is 13.2 Å². The maximum absolute atomic E-state index is 3.07. The quantitative estimate of drug-likeness (QED) is 0.434. The molecule has 0 saturated carbocycles. The fourth-order valence-corrected chi connectivity index (χ4v) is 0.421.